The SMILES string of the molecule is CC1=CC(C)CC(C)=C1N1C=CN(c2ccccn2)C1. The van der Waals surface area contributed by atoms with Crippen molar-refractivity contribution in [2.24, 2.45) is 5.92 Å². The Labute approximate surface area is 120 Å². The molecule has 20 heavy (non-hydrogen) atoms. The Morgan fingerprint density at radius 1 is 1.15 bits per heavy atom. The third-order valence-corrected chi connectivity index (χ3v) is 3.90. The maximum absolute atomic E-state index is 4.41. The van der Waals surface area contributed by atoms with Crippen LogP contribution in [0, 0.1) is 5.92 Å². The molecule has 1 aliphatic carbocycles. The van der Waals surface area contributed by atoms with Crippen molar-refractivity contribution in [1.82, 2.24) is 9.88 Å². The summed E-state index contributed by atoms with van der Waals surface area (Å²) in [6.45, 7) is 7.58. The molecule has 2 aliphatic rings. The summed E-state index contributed by atoms with van der Waals surface area (Å²) in [7, 11) is 0. The van der Waals surface area contributed by atoms with Crippen LogP contribution in [0.25, 0.3) is 0 Å². The zero-order valence-corrected chi connectivity index (χ0v) is 12.4. The lowest BCUT2D eigenvalue weighted by atomic mass is 9.90. The lowest BCUT2D eigenvalue weighted by molar-refractivity contribution is 0.487. The van der Waals surface area contributed by atoms with Crippen molar-refractivity contribution < 1.29 is 0 Å². The Bertz CT molecular complexity index is 584. The molecule has 0 fully saturated rings. The standard InChI is InChI=1S/C17H21N3/c1-13-10-14(2)17(15(3)11-13)20-9-8-19(12-20)16-6-4-5-7-18-16/h4-10,13H,11-12H2,1-3H3. The van der Waals surface area contributed by atoms with Gasteiger partial charge in [-0.1, -0.05) is 19.1 Å². The van der Waals surface area contributed by atoms with Gasteiger partial charge in [0.25, 0.3) is 0 Å². The van der Waals surface area contributed by atoms with Gasteiger partial charge in [-0.2, -0.15) is 0 Å². The number of anilines is 1. The molecule has 0 radical (unpaired) electrons. The van der Waals surface area contributed by atoms with Crippen LogP contribution in [0.4, 0.5) is 5.82 Å². The van der Waals surface area contributed by atoms with Crippen LogP contribution in [0.1, 0.15) is 27.2 Å². The highest BCUT2D eigenvalue weighted by atomic mass is 15.4. The van der Waals surface area contributed by atoms with E-state index in [1.54, 1.807) is 0 Å². The lowest BCUT2D eigenvalue weighted by Crippen LogP contribution is -2.27. The van der Waals surface area contributed by atoms with E-state index >= 15 is 0 Å². The minimum Gasteiger partial charge on any atom is -0.328 e. The van der Waals surface area contributed by atoms with Crippen molar-refractivity contribution in [3.8, 4) is 0 Å². The average molecular weight is 267 g/mol. The summed E-state index contributed by atoms with van der Waals surface area (Å²) in [5, 5.41) is 0. The van der Waals surface area contributed by atoms with Crippen LogP contribution in [-0.4, -0.2) is 16.6 Å². The summed E-state index contributed by atoms with van der Waals surface area (Å²) in [6.07, 6.45) is 9.62. The first-order valence-corrected chi connectivity index (χ1v) is 7.16. The second kappa shape index (κ2) is 5.16. The summed E-state index contributed by atoms with van der Waals surface area (Å²) < 4.78 is 0. The van der Waals surface area contributed by atoms with E-state index in [4.69, 9.17) is 0 Å². The van der Waals surface area contributed by atoms with Crippen molar-refractivity contribution in [2.75, 3.05) is 11.6 Å². The van der Waals surface area contributed by atoms with Crippen LogP contribution >= 0.6 is 0 Å². The van der Waals surface area contributed by atoms with Gasteiger partial charge < -0.3 is 9.80 Å². The summed E-state index contributed by atoms with van der Waals surface area (Å²) in [5.41, 5.74) is 4.23. The van der Waals surface area contributed by atoms with E-state index in [1.165, 1.54) is 16.8 Å². The van der Waals surface area contributed by atoms with Gasteiger partial charge in [-0.3, -0.25) is 0 Å². The maximum Gasteiger partial charge on any atom is 0.133 e. The molecule has 1 atom stereocenters. The number of nitrogens with zero attached hydrogens (tertiary/aromatic N) is 3. The van der Waals surface area contributed by atoms with Crippen LogP contribution < -0.4 is 4.90 Å². The van der Waals surface area contributed by atoms with Gasteiger partial charge in [0.2, 0.25) is 0 Å². The second-order valence-electron chi connectivity index (χ2n) is 5.73. The molecule has 104 valence electrons. The minimum absolute atomic E-state index is 0.650. The van der Waals surface area contributed by atoms with Gasteiger partial charge >= 0.3 is 0 Å². The quantitative estimate of drug-likeness (QED) is 0.810. The van der Waals surface area contributed by atoms with Gasteiger partial charge in [0.05, 0.1) is 0 Å². The molecule has 0 aromatic carbocycles. The molecule has 0 amide bonds. The van der Waals surface area contributed by atoms with Gasteiger partial charge in [0.1, 0.15) is 12.5 Å². The molecule has 1 aliphatic heterocycles. The first kappa shape index (κ1) is 13.0. The highest BCUT2D eigenvalue weighted by Crippen LogP contribution is 2.32. The highest BCUT2D eigenvalue weighted by Gasteiger charge is 2.23. The largest absolute Gasteiger partial charge is 0.328 e. The van der Waals surface area contributed by atoms with E-state index in [9.17, 15) is 0 Å². The Kier molecular flexibility index (Phi) is 3.35. The topological polar surface area (TPSA) is 19.4 Å². The van der Waals surface area contributed by atoms with Crippen molar-refractivity contribution in [3.63, 3.8) is 0 Å². The molecule has 0 saturated carbocycles. The Hall–Kier alpha value is -2.03. The van der Waals surface area contributed by atoms with Crippen LogP contribution in [0.15, 0.2) is 59.7 Å². The Morgan fingerprint density at radius 2 is 1.95 bits per heavy atom. The first-order chi connectivity index (χ1) is 9.65. The van der Waals surface area contributed by atoms with Gasteiger partial charge in [-0.15, -0.1) is 0 Å². The van der Waals surface area contributed by atoms with Gasteiger partial charge in [-0.25, -0.2) is 4.98 Å². The molecule has 1 aromatic rings. The molecular weight excluding hydrogens is 246 g/mol. The normalized spacial score (nSPS) is 22.6. The van der Waals surface area contributed by atoms with E-state index in [2.05, 4.69) is 54.0 Å². The minimum atomic E-state index is 0.650. The van der Waals surface area contributed by atoms with Crippen molar-refractivity contribution in [1.29, 1.82) is 0 Å². The fourth-order valence-electron chi connectivity index (χ4n) is 3.19. The molecule has 3 nitrogen and oxygen atoms in total. The summed E-state index contributed by atoms with van der Waals surface area (Å²) in [6, 6.07) is 6.01. The van der Waals surface area contributed by atoms with E-state index < -0.39 is 0 Å². The number of hydrogen-bond donors (Lipinski definition) is 0. The molecule has 3 heteroatoms. The number of rotatable bonds is 2. The predicted molar refractivity (Wildman–Crippen MR) is 82.8 cm³/mol. The summed E-state index contributed by atoms with van der Waals surface area (Å²) in [5.74, 6) is 1.65. The van der Waals surface area contributed by atoms with E-state index in [0.29, 0.717) is 5.92 Å². The van der Waals surface area contributed by atoms with Crippen LogP contribution in [0.3, 0.4) is 0 Å². The number of allylic oxidation sites excluding steroid dienone is 3. The molecule has 0 bridgehead atoms. The average Bonchev–Trinajstić information content (AvgIpc) is 2.88. The molecule has 1 aromatic heterocycles. The molecular formula is C17H21N3. The summed E-state index contributed by atoms with van der Waals surface area (Å²) in [4.78, 5) is 8.90. The van der Waals surface area contributed by atoms with E-state index in [0.717, 1.165) is 18.9 Å². The monoisotopic (exact) mass is 267 g/mol. The Morgan fingerprint density at radius 3 is 2.65 bits per heavy atom. The second-order valence-corrected chi connectivity index (χ2v) is 5.73. The fraction of sp³-hybridized carbons (Fsp3) is 0.353. The zero-order chi connectivity index (χ0) is 14.1. The zero-order valence-electron chi connectivity index (χ0n) is 12.4. The molecule has 0 N–H and O–H groups in total. The van der Waals surface area contributed by atoms with Crippen LogP contribution in [0.2, 0.25) is 0 Å². The predicted octanol–water partition coefficient (Wildman–Crippen LogP) is 3.89. The van der Waals surface area contributed by atoms with Crippen LogP contribution in [0.5, 0.6) is 0 Å². The van der Waals surface area contributed by atoms with Crippen LogP contribution in [-0.2, 0) is 0 Å². The van der Waals surface area contributed by atoms with E-state index in [1.807, 2.05) is 24.4 Å². The first-order valence-electron chi connectivity index (χ1n) is 7.16. The number of aromatic nitrogens is 1. The summed E-state index contributed by atoms with van der Waals surface area (Å²) >= 11 is 0. The molecule has 1 unspecified atom stereocenters. The molecule has 2 heterocycles. The third kappa shape index (κ3) is 2.36. The third-order valence-electron chi connectivity index (χ3n) is 3.90. The molecule has 0 spiro atoms. The molecule has 3 rings (SSSR count). The number of hydrogen-bond acceptors (Lipinski definition) is 3. The van der Waals surface area contributed by atoms with Crippen molar-refractivity contribution >= 4 is 5.82 Å². The van der Waals surface area contributed by atoms with Crippen molar-refractivity contribution in [2.45, 2.75) is 27.2 Å². The fourth-order valence-corrected chi connectivity index (χ4v) is 3.19. The lowest BCUT2D eigenvalue weighted by Gasteiger charge is -2.29. The Balaban J connectivity index is 1.80. The van der Waals surface area contributed by atoms with Crippen molar-refractivity contribution in [3.05, 3.63) is 59.7 Å². The van der Waals surface area contributed by atoms with E-state index in [-0.39, 0.29) is 0 Å². The van der Waals surface area contributed by atoms with Gasteiger partial charge in [0.15, 0.2) is 0 Å². The van der Waals surface area contributed by atoms with Gasteiger partial charge in [0, 0.05) is 24.3 Å². The highest BCUT2D eigenvalue weighted by molar-refractivity contribution is 5.46. The van der Waals surface area contributed by atoms with Gasteiger partial charge in [-0.05, 0) is 49.5 Å². The molecule has 0 saturated heterocycles. The smallest absolute Gasteiger partial charge is 0.133 e. The number of pyridine rings is 1. The maximum atomic E-state index is 4.41.